The molecular formula is C17H23NO3. The number of benzene rings is 1. The van der Waals surface area contributed by atoms with E-state index in [1.807, 2.05) is 13.1 Å². The van der Waals surface area contributed by atoms with E-state index in [1.165, 1.54) is 18.4 Å². The van der Waals surface area contributed by atoms with Crippen molar-refractivity contribution in [3.05, 3.63) is 23.8 Å². The lowest BCUT2D eigenvalue weighted by atomic mass is 9.98. The number of methoxy groups -OCH3 is 1. The van der Waals surface area contributed by atoms with Crippen molar-refractivity contribution in [2.24, 2.45) is 0 Å². The molecule has 1 aromatic rings. The number of amides is 1. The first-order valence-electron chi connectivity index (χ1n) is 7.76. The van der Waals surface area contributed by atoms with Gasteiger partial charge in [0, 0.05) is 25.9 Å². The highest BCUT2D eigenvalue weighted by molar-refractivity contribution is 5.79. The molecular weight excluding hydrogens is 266 g/mol. The summed E-state index contributed by atoms with van der Waals surface area (Å²) in [6, 6.07) is 6.08. The summed E-state index contributed by atoms with van der Waals surface area (Å²) >= 11 is 0. The molecule has 0 spiro atoms. The molecule has 21 heavy (non-hydrogen) atoms. The minimum absolute atomic E-state index is 0.217. The molecule has 3 rings (SSSR count). The SMILES string of the molecule is COc1ccc(C2CC(=O)N(C)C2)cc1OC1CCCC1. The lowest BCUT2D eigenvalue weighted by Crippen LogP contribution is -2.18. The number of hydrogen-bond donors (Lipinski definition) is 0. The van der Waals surface area contributed by atoms with E-state index in [2.05, 4.69) is 12.1 Å². The molecule has 1 aromatic carbocycles. The molecule has 2 aliphatic rings. The summed E-state index contributed by atoms with van der Waals surface area (Å²) < 4.78 is 11.5. The first kappa shape index (κ1) is 14.2. The number of hydrogen-bond acceptors (Lipinski definition) is 3. The molecule has 2 fully saturated rings. The number of carbonyl (C=O) groups excluding carboxylic acids is 1. The number of likely N-dealkylation sites (tertiary alicyclic amines) is 1. The fourth-order valence-electron chi connectivity index (χ4n) is 3.31. The Kier molecular flexibility index (Phi) is 4.04. The van der Waals surface area contributed by atoms with Crippen LogP contribution in [0.25, 0.3) is 0 Å². The fraction of sp³-hybridized carbons (Fsp3) is 0.588. The predicted molar refractivity (Wildman–Crippen MR) is 80.9 cm³/mol. The van der Waals surface area contributed by atoms with Gasteiger partial charge in [0.05, 0.1) is 13.2 Å². The highest BCUT2D eigenvalue weighted by Crippen LogP contribution is 2.36. The minimum Gasteiger partial charge on any atom is -0.493 e. The molecule has 1 saturated carbocycles. The Morgan fingerprint density at radius 1 is 1.19 bits per heavy atom. The number of nitrogens with zero attached hydrogens (tertiary/aromatic N) is 1. The van der Waals surface area contributed by atoms with Gasteiger partial charge in [0.15, 0.2) is 11.5 Å². The Hall–Kier alpha value is -1.71. The van der Waals surface area contributed by atoms with Crippen LogP contribution in [-0.2, 0) is 4.79 Å². The smallest absolute Gasteiger partial charge is 0.223 e. The second-order valence-electron chi connectivity index (χ2n) is 6.11. The van der Waals surface area contributed by atoms with Gasteiger partial charge >= 0.3 is 0 Å². The van der Waals surface area contributed by atoms with Crippen molar-refractivity contribution in [2.45, 2.75) is 44.1 Å². The van der Waals surface area contributed by atoms with Gasteiger partial charge in [-0.1, -0.05) is 6.07 Å². The summed E-state index contributed by atoms with van der Waals surface area (Å²) in [5.74, 6) is 2.08. The van der Waals surface area contributed by atoms with E-state index in [-0.39, 0.29) is 11.8 Å². The second kappa shape index (κ2) is 5.96. The molecule has 0 N–H and O–H groups in total. The highest BCUT2D eigenvalue weighted by atomic mass is 16.5. The Balaban J connectivity index is 1.80. The van der Waals surface area contributed by atoms with E-state index in [0.29, 0.717) is 12.5 Å². The summed E-state index contributed by atoms with van der Waals surface area (Å²) in [4.78, 5) is 13.5. The van der Waals surface area contributed by atoms with Gasteiger partial charge in [-0.05, 0) is 43.4 Å². The molecule has 1 aliphatic heterocycles. The van der Waals surface area contributed by atoms with Crippen molar-refractivity contribution in [3.8, 4) is 11.5 Å². The van der Waals surface area contributed by atoms with Crippen molar-refractivity contribution < 1.29 is 14.3 Å². The molecule has 0 bridgehead atoms. The van der Waals surface area contributed by atoms with Crippen LogP contribution in [-0.4, -0.2) is 37.6 Å². The molecule has 1 heterocycles. The quantitative estimate of drug-likeness (QED) is 0.855. The number of ether oxygens (including phenoxy) is 2. The predicted octanol–water partition coefficient (Wildman–Crippen LogP) is 2.96. The van der Waals surface area contributed by atoms with Crippen LogP contribution < -0.4 is 9.47 Å². The molecule has 1 atom stereocenters. The molecule has 0 radical (unpaired) electrons. The average molecular weight is 289 g/mol. The normalized spacial score (nSPS) is 22.9. The van der Waals surface area contributed by atoms with Crippen LogP contribution in [0.15, 0.2) is 18.2 Å². The first-order valence-corrected chi connectivity index (χ1v) is 7.76. The molecule has 1 aliphatic carbocycles. The average Bonchev–Trinajstić information content (AvgIpc) is 3.10. The van der Waals surface area contributed by atoms with Crippen LogP contribution in [0.2, 0.25) is 0 Å². The monoisotopic (exact) mass is 289 g/mol. The highest BCUT2D eigenvalue weighted by Gasteiger charge is 2.29. The second-order valence-corrected chi connectivity index (χ2v) is 6.11. The maximum atomic E-state index is 11.7. The van der Waals surface area contributed by atoms with Crippen LogP contribution in [0.5, 0.6) is 11.5 Å². The van der Waals surface area contributed by atoms with Crippen LogP contribution in [0, 0.1) is 0 Å². The maximum Gasteiger partial charge on any atom is 0.223 e. The van der Waals surface area contributed by atoms with Gasteiger partial charge in [-0.3, -0.25) is 4.79 Å². The van der Waals surface area contributed by atoms with E-state index in [1.54, 1.807) is 12.0 Å². The van der Waals surface area contributed by atoms with E-state index >= 15 is 0 Å². The summed E-state index contributed by atoms with van der Waals surface area (Å²) in [7, 11) is 3.53. The van der Waals surface area contributed by atoms with Gasteiger partial charge in [0.2, 0.25) is 5.91 Å². The number of rotatable bonds is 4. The van der Waals surface area contributed by atoms with Crippen molar-refractivity contribution in [3.63, 3.8) is 0 Å². The van der Waals surface area contributed by atoms with Crippen LogP contribution in [0.4, 0.5) is 0 Å². The molecule has 1 amide bonds. The molecule has 4 nitrogen and oxygen atoms in total. The van der Waals surface area contributed by atoms with E-state index in [0.717, 1.165) is 30.9 Å². The Labute approximate surface area is 126 Å². The van der Waals surface area contributed by atoms with Crippen molar-refractivity contribution in [2.75, 3.05) is 20.7 Å². The number of carbonyl (C=O) groups is 1. The molecule has 1 saturated heterocycles. The topological polar surface area (TPSA) is 38.8 Å². The van der Waals surface area contributed by atoms with Crippen LogP contribution in [0.3, 0.4) is 0 Å². The van der Waals surface area contributed by atoms with E-state index in [4.69, 9.17) is 9.47 Å². The van der Waals surface area contributed by atoms with Crippen LogP contribution in [0.1, 0.15) is 43.6 Å². The summed E-state index contributed by atoms with van der Waals surface area (Å²) in [6.07, 6.45) is 5.63. The summed E-state index contributed by atoms with van der Waals surface area (Å²) in [5, 5.41) is 0. The van der Waals surface area contributed by atoms with E-state index in [9.17, 15) is 4.79 Å². The Morgan fingerprint density at radius 2 is 1.95 bits per heavy atom. The zero-order valence-corrected chi connectivity index (χ0v) is 12.8. The van der Waals surface area contributed by atoms with E-state index < -0.39 is 0 Å². The summed E-state index contributed by atoms with van der Waals surface area (Å²) in [6.45, 7) is 0.786. The van der Waals surface area contributed by atoms with Crippen molar-refractivity contribution in [1.82, 2.24) is 4.90 Å². The third kappa shape index (κ3) is 2.99. The maximum absolute atomic E-state index is 11.7. The number of likely N-dealkylation sites (N-methyl/N-ethyl adjacent to an activating group) is 1. The first-order chi connectivity index (χ1) is 10.2. The minimum atomic E-state index is 0.217. The Bertz CT molecular complexity index is 523. The van der Waals surface area contributed by atoms with Gasteiger partial charge in [-0.25, -0.2) is 0 Å². The lowest BCUT2D eigenvalue weighted by Gasteiger charge is -2.18. The summed E-state index contributed by atoms with van der Waals surface area (Å²) in [5.41, 5.74) is 1.17. The van der Waals surface area contributed by atoms with Gasteiger partial charge in [0.1, 0.15) is 0 Å². The zero-order chi connectivity index (χ0) is 14.8. The molecule has 4 heteroatoms. The molecule has 1 unspecified atom stereocenters. The largest absolute Gasteiger partial charge is 0.493 e. The third-order valence-electron chi connectivity index (χ3n) is 4.60. The lowest BCUT2D eigenvalue weighted by molar-refractivity contribution is -0.126. The van der Waals surface area contributed by atoms with Crippen molar-refractivity contribution >= 4 is 5.91 Å². The van der Waals surface area contributed by atoms with Gasteiger partial charge in [-0.2, -0.15) is 0 Å². The van der Waals surface area contributed by atoms with Gasteiger partial charge in [-0.15, -0.1) is 0 Å². The van der Waals surface area contributed by atoms with Gasteiger partial charge in [0.25, 0.3) is 0 Å². The standard InChI is InChI=1S/C17H23NO3/c1-18-11-13(10-17(18)19)12-7-8-15(20-2)16(9-12)21-14-5-3-4-6-14/h7-9,13-14H,3-6,10-11H2,1-2H3. The van der Waals surface area contributed by atoms with Crippen LogP contribution >= 0.6 is 0 Å². The Morgan fingerprint density at radius 3 is 2.57 bits per heavy atom. The van der Waals surface area contributed by atoms with Crippen molar-refractivity contribution in [1.29, 1.82) is 0 Å². The fourth-order valence-corrected chi connectivity index (χ4v) is 3.31. The third-order valence-corrected chi connectivity index (χ3v) is 4.60. The van der Waals surface area contributed by atoms with Gasteiger partial charge < -0.3 is 14.4 Å². The molecule has 114 valence electrons. The zero-order valence-electron chi connectivity index (χ0n) is 12.8. The molecule has 0 aromatic heterocycles.